The summed E-state index contributed by atoms with van der Waals surface area (Å²) in [5.41, 5.74) is 15.2. The van der Waals surface area contributed by atoms with E-state index in [2.05, 4.69) is 65.6 Å². The minimum Gasteiger partial charge on any atom is -0.508 e. The Morgan fingerprint density at radius 2 is 1.50 bits per heavy atom. The van der Waals surface area contributed by atoms with Crippen molar-refractivity contribution in [2.24, 2.45) is 11.8 Å². The molecule has 0 amide bonds. The first-order valence-electron chi connectivity index (χ1n) is 12.9. The lowest BCUT2D eigenvalue weighted by Crippen LogP contribution is -2.32. The van der Waals surface area contributed by atoms with E-state index in [1.54, 1.807) is 12.1 Å². The molecule has 3 atom stereocenters. The number of hydrogen-bond acceptors (Lipinski definition) is 4. The highest BCUT2D eigenvalue weighted by Crippen LogP contribution is 2.46. The lowest BCUT2D eigenvalue weighted by molar-refractivity contribution is 0.306. The Balaban J connectivity index is 1.12. The smallest absolute Gasteiger partial charge is 0.115 e. The fourth-order valence-electron chi connectivity index (χ4n) is 6.23. The van der Waals surface area contributed by atoms with E-state index in [-0.39, 0.29) is 0 Å². The number of hydrogen-bond donors (Lipinski definition) is 4. The summed E-state index contributed by atoms with van der Waals surface area (Å²) in [5.74, 6) is 1.73. The lowest BCUT2D eigenvalue weighted by atomic mass is 9.87. The lowest BCUT2D eigenvalue weighted by Gasteiger charge is -2.27. The van der Waals surface area contributed by atoms with Crippen molar-refractivity contribution in [3.05, 3.63) is 89.0 Å². The highest BCUT2D eigenvalue weighted by atomic mass is 16.3. The molecular formula is C30H35N3O. The van der Waals surface area contributed by atoms with Crippen LogP contribution in [0.5, 0.6) is 5.75 Å². The molecule has 0 aromatic heterocycles. The van der Waals surface area contributed by atoms with Crippen molar-refractivity contribution in [2.75, 3.05) is 0 Å². The number of fused-ring (bicyclic) bond motifs is 3. The molecule has 1 aliphatic heterocycles. The molecule has 3 aromatic rings. The molecule has 3 aliphatic rings. The summed E-state index contributed by atoms with van der Waals surface area (Å²) < 4.78 is 0. The zero-order chi connectivity index (χ0) is 23.1. The highest BCUT2D eigenvalue weighted by molar-refractivity contribution is 5.64. The molecule has 3 aromatic carbocycles. The first-order valence-corrected chi connectivity index (χ1v) is 12.9. The summed E-state index contributed by atoms with van der Waals surface area (Å²) in [7, 11) is 0. The molecule has 3 unspecified atom stereocenters. The summed E-state index contributed by atoms with van der Waals surface area (Å²) in [6.07, 6.45) is 6.47. The molecule has 0 spiro atoms. The predicted molar refractivity (Wildman–Crippen MR) is 137 cm³/mol. The van der Waals surface area contributed by atoms with Gasteiger partial charge in [-0.1, -0.05) is 61.5 Å². The van der Waals surface area contributed by atoms with E-state index >= 15 is 0 Å². The van der Waals surface area contributed by atoms with Crippen LogP contribution in [0.25, 0.3) is 11.1 Å². The van der Waals surface area contributed by atoms with Gasteiger partial charge in [0.05, 0.1) is 12.1 Å². The van der Waals surface area contributed by atoms with Crippen LogP contribution in [0.1, 0.15) is 66.9 Å². The molecule has 6 rings (SSSR count). The molecule has 2 aliphatic carbocycles. The van der Waals surface area contributed by atoms with Crippen LogP contribution >= 0.6 is 0 Å². The van der Waals surface area contributed by atoms with Crippen LogP contribution in [-0.4, -0.2) is 11.1 Å². The third-order valence-electron chi connectivity index (χ3n) is 8.33. The van der Waals surface area contributed by atoms with Crippen molar-refractivity contribution in [1.82, 2.24) is 16.2 Å². The van der Waals surface area contributed by atoms with Crippen LogP contribution in [-0.2, 0) is 13.0 Å². The Bertz CT molecular complexity index is 1130. The molecule has 1 saturated carbocycles. The maximum atomic E-state index is 9.55. The number of aromatic hydroxyl groups is 1. The average Bonchev–Trinajstić information content (AvgIpc) is 3.43. The number of nitrogens with one attached hydrogen (secondary N) is 3. The van der Waals surface area contributed by atoms with Crippen molar-refractivity contribution in [1.29, 1.82) is 0 Å². The van der Waals surface area contributed by atoms with Crippen LogP contribution in [0.4, 0.5) is 0 Å². The van der Waals surface area contributed by atoms with Gasteiger partial charge in [-0.2, -0.15) is 0 Å². The van der Waals surface area contributed by atoms with Gasteiger partial charge in [-0.25, -0.2) is 10.9 Å². The number of benzene rings is 3. The second-order valence-corrected chi connectivity index (χ2v) is 10.7. The Morgan fingerprint density at radius 1 is 0.824 bits per heavy atom. The third kappa shape index (κ3) is 4.26. The fraction of sp³-hybridized carbons (Fsp3) is 0.400. The van der Waals surface area contributed by atoms with E-state index in [4.69, 9.17) is 0 Å². The van der Waals surface area contributed by atoms with E-state index < -0.39 is 0 Å². The summed E-state index contributed by atoms with van der Waals surface area (Å²) in [5, 5.41) is 13.4. The number of phenols is 1. The molecule has 34 heavy (non-hydrogen) atoms. The zero-order valence-corrected chi connectivity index (χ0v) is 19.9. The van der Waals surface area contributed by atoms with E-state index in [0.29, 0.717) is 29.8 Å². The minimum atomic E-state index is 0.302. The first-order chi connectivity index (χ1) is 16.6. The van der Waals surface area contributed by atoms with Gasteiger partial charge < -0.3 is 10.4 Å². The molecular weight excluding hydrogens is 418 g/mol. The normalized spacial score (nSPS) is 28.0. The van der Waals surface area contributed by atoms with Gasteiger partial charge in [-0.05, 0) is 83.5 Å². The van der Waals surface area contributed by atoms with Crippen LogP contribution in [0.2, 0.25) is 0 Å². The first kappa shape index (κ1) is 21.8. The van der Waals surface area contributed by atoms with Gasteiger partial charge in [-0.3, -0.25) is 0 Å². The second-order valence-electron chi connectivity index (χ2n) is 10.7. The maximum absolute atomic E-state index is 9.55. The van der Waals surface area contributed by atoms with Gasteiger partial charge in [0, 0.05) is 18.5 Å². The molecule has 176 valence electrons. The summed E-state index contributed by atoms with van der Waals surface area (Å²) in [6, 6.07) is 24.8. The van der Waals surface area contributed by atoms with Crippen molar-refractivity contribution < 1.29 is 5.11 Å². The molecule has 1 heterocycles. The minimum absolute atomic E-state index is 0.302. The third-order valence-corrected chi connectivity index (χ3v) is 8.33. The van der Waals surface area contributed by atoms with Crippen molar-refractivity contribution >= 4 is 0 Å². The summed E-state index contributed by atoms with van der Waals surface area (Å²) >= 11 is 0. The van der Waals surface area contributed by atoms with E-state index in [1.807, 2.05) is 12.1 Å². The van der Waals surface area contributed by atoms with Crippen LogP contribution in [0.15, 0.2) is 66.7 Å². The second kappa shape index (κ2) is 9.18. The quantitative estimate of drug-likeness (QED) is 0.395. The molecule has 2 fully saturated rings. The van der Waals surface area contributed by atoms with Crippen LogP contribution in [0.3, 0.4) is 0 Å². The number of hydrazine groups is 1. The zero-order valence-electron chi connectivity index (χ0n) is 19.9. The molecule has 0 bridgehead atoms. The number of phenolic OH excluding ortho intramolecular Hbond substituents is 1. The Morgan fingerprint density at radius 3 is 2.24 bits per heavy atom. The fourth-order valence-corrected chi connectivity index (χ4v) is 6.23. The van der Waals surface area contributed by atoms with Crippen molar-refractivity contribution in [3.63, 3.8) is 0 Å². The SMILES string of the molecule is CC1CCC(NCc2ccc3c(c2)CC2C(c4ccc(-c5ccc(O)cc5)cc4)NNC32)CC1. The van der Waals surface area contributed by atoms with Gasteiger partial charge in [-0.15, -0.1) is 0 Å². The van der Waals surface area contributed by atoms with Gasteiger partial charge >= 0.3 is 0 Å². The molecule has 4 heteroatoms. The average molecular weight is 454 g/mol. The molecule has 4 nitrogen and oxygen atoms in total. The van der Waals surface area contributed by atoms with E-state index in [9.17, 15) is 5.11 Å². The van der Waals surface area contributed by atoms with Crippen molar-refractivity contribution in [3.8, 4) is 16.9 Å². The molecule has 4 N–H and O–H groups in total. The molecule has 0 radical (unpaired) electrons. The van der Waals surface area contributed by atoms with Gasteiger partial charge in [0.25, 0.3) is 0 Å². The van der Waals surface area contributed by atoms with Gasteiger partial charge in [0.1, 0.15) is 5.75 Å². The largest absolute Gasteiger partial charge is 0.508 e. The Hall–Kier alpha value is -2.66. The highest BCUT2D eigenvalue weighted by Gasteiger charge is 2.42. The van der Waals surface area contributed by atoms with E-state index in [1.165, 1.54) is 53.5 Å². The standard InChI is InChI=1S/C30H35N3O/c1-19-2-11-25(12-3-19)31-18-20-4-15-27-24(16-20)17-28-29(32-33-30(27)28)23-7-5-21(6-8-23)22-9-13-26(34)14-10-22/h4-10,13-16,19,25,28-34H,2-3,11-12,17-18H2,1H3. The summed E-state index contributed by atoms with van der Waals surface area (Å²) in [6.45, 7) is 3.36. The predicted octanol–water partition coefficient (Wildman–Crippen LogP) is 5.79. The van der Waals surface area contributed by atoms with Crippen LogP contribution in [0, 0.1) is 11.8 Å². The van der Waals surface area contributed by atoms with Gasteiger partial charge in [0.2, 0.25) is 0 Å². The topological polar surface area (TPSA) is 56.3 Å². The summed E-state index contributed by atoms with van der Waals surface area (Å²) in [4.78, 5) is 0. The van der Waals surface area contributed by atoms with E-state index in [0.717, 1.165) is 24.4 Å². The maximum Gasteiger partial charge on any atom is 0.115 e. The Kier molecular flexibility index (Phi) is 5.90. The van der Waals surface area contributed by atoms with Crippen molar-refractivity contribution in [2.45, 2.75) is 63.7 Å². The molecule has 1 saturated heterocycles. The van der Waals surface area contributed by atoms with Gasteiger partial charge in [0.15, 0.2) is 0 Å². The monoisotopic (exact) mass is 453 g/mol. The number of rotatable bonds is 5. The Labute approximate surface area is 202 Å². The van der Waals surface area contributed by atoms with Crippen LogP contribution < -0.4 is 16.2 Å².